The van der Waals surface area contributed by atoms with Crippen molar-refractivity contribution >= 4 is 22.5 Å². The van der Waals surface area contributed by atoms with Crippen LogP contribution >= 0.6 is 0 Å². The average molecular weight is 446 g/mol. The van der Waals surface area contributed by atoms with Crippen LogP contribution in [0.5, 0.6) is 0 Å². The lowest BCUT2D eigenvalue weighted by Crippen LogP contribution is -2.49. The van der Waals surface area contributed by atoms with E-state index in [1.807, 2.05) is 6.92 Å². The van der Waals surface area contributed by atoms with E-state index in [9.17, 15) is 9.18 Å². The number of fused-ring (bicyclic) bond motifs is 1. The molecule has 0 spiro atoms. The van der Waals surface area contributed by atoms with Crippen LogP contribution in [0.4, 0.5) is 10.2 Å². The molecule has 4 aromatic rings. The fourth-order valence-electron chi connectivity index (χ4n) is 4.32. The van der Waals surface area contributed by atoms with Crippen LogP contribution in [0.1, 0.15) is 34.7 Å². The number of anilines is 1. The Morgan fingerprint density at radius 1 is 1.18 bits per heavy atom. The van der Waals surface area contributed by atoms with Gasteiger partial charge in [0.05, 0.1) is 11.6 Å². The lowest BCUT2D eigenvalue weighted by molar-refractivity contribution is 0.0971. The molecule has 1 aromatic carbocycles. The van der Waals surface area contributed by atoms with Gasteiger partial charge in [-0.25, -0.2) is 9.37 Å². The first-order valence-corrected chi connectivity index (χ1v) is 10.9. The minimum Gasteiger partial charge on any atom is -0.420 e. The zero-order valence-electron chi connectivity index (χ0n) is 18.4. The lowest BCUT2D eigenvalue weighted by atomic mass is 10.0. The van der Waals surface area contributed by atoms with Gasteiger partial charge >= 0.3 is 0 Å². The highest BCUT2D eigenvalue weighted by Gasteiger charge is 2.30. The van der Waals surface area contributed by atoms with E-state index in [0.717, 1.165) is 30.3 Å². The molecule has 1 amide bonds. The minimum atomic E-state index is -0.314. The molecule has 1 aliphatic rings. The van der Waals surface area contributed by atoms with Gasteiger partial charge in [-0.15, -0.1) is 10.2 Å². The van der Waals surface area contributed by atoms with Crippen molar-refractivity contribution in [3.05, 3.63) is 65.6 Å². The Kier molecular flexibility index (Phi) is 5.55. The zero-order chi connectivity index (χ0) is 22.9. The number of nitrogens with one attached hydrogen (secondary N) is 1. The second-order valence-corrected chi connectivity index (χ2v) is 8.19. The number of amides is 1. The summed E-state index contributed by atoms with van der Waals surface area (Å²) in [7, 11) is 0. The van der Waals surface area contributed by atoms with Crippen molar-refractivity contribution in [2.24, 2.45) is 0 Å². The number of rotatable bonds is 4. The third-order valence-electron chi connectivity index (χ3n) is 5.84. The molecule has 0 unspecified atom stereocenters. The Labute approximate surface area is 189 Å². The van der Waals surface area contributed by atoms with E-state index in [-0.39, 0.29) is 17.8 Å². The van der Waals surface area contributed by atoms with E-state index >= 15 is 0 Å². The van der Waals surface area contributed by atoms with Gasteiger partial charge in [0.15, 0.2) is 0 Å². The molecule has 168 valence electrons. The molecule has 1 aliphatic heterocycles. The topological polar surface area (TPSA) is 97.0 Å². The molecule has 4 heterocycles. The first-order valence-electron chi connectivity index (χ1n) is 10.9. The summed E-state index contributed by atoms with van der Waals surface area (Å²) < 4.78 is 19.5. The maximum absolute atomic E-state index is 14.1. The van der Waals surface area contributed by atoms with Crippen molar-refractivity contribution in [3.8, 4) is 11.6 Å². The number of aromatic nitrogens is 4. The van der Waals surface area contributed by atoms with Crippen LogP contribution in [0.3, 0.4) is 0 Å². The van der Waals surface area contributed by atoms with E-state index < -0.39 is 0 Å². The highest BCUT2D eigenvalue weighted by molar-refractivity contribution is 6.10. The predicted octanol–water partition coefficient (Wildman–Crippen LogP) is 3.83. The van der Waals surface area contributed by atoms with E-state index in [1.165, 1.54) is 18.3 Å². The summed E-state index contributed by atoms with van der Waals surface area (Å²) >= 11 is 0. The fraction of sp³-hybridized carbons (Fsp3) is 0.292. The summed E-state index contributed by atoms with van der Waals surface area (Å²) in [6.45, 7) is 5.10. The van der Waals surface area contributed by atoms with Gasteiger partial charge in [-0.2, -0.15) is 0 Å². The molecule has 0 bridgehead atoms. The predicted molar refractivity (Wildman–Crippen MR) is 121 cm³/mol. The van der Waals surface area contributed by atoms with E-state index in [4.69, 9.17) is 4.42 Å². The zero-order valence-corrected chi connectivity index (χ0v) is 18.4. The molecule has 1 saturated heterocycles. The van der Waals surface area contributed by atoms with Crippen LogP contribution in [0.25, 0.3) is 22.4 Å². The first-order chi connectivity index (χ1) is 16.0. The fourth-order valence-corrected chi connectivity index (χ4v) is 4.32. The van der Waals surface area contributed by atoms with Crippen molar-refractivity contribution in [1.82, 2.24) is 25.5 Å². The molecule has 5 rings (SSSR count). The second-order valence-electron chi connectivity index (χ2n) is 8.19. The van der Waals surface area contributed by atoms with Crippen LogP contribution in [0.2, 0.25) is 0 Å². The van der Waals surface area contributed by atoms with Crippen molar-refractivity contribution in [2.75, 3.05) is 18.0 Å². The van der Waals surface area contributed by atoms with Crippen LogP contribution < -0.4 is 10.2 Å². The highest BCUT2D eigenvalue weighted by atomic mass is 19.1. The van der Waals surface area contributed by atoms with Crippen molar-refractivity contribution in [1.29, 1.82) is 0 Å². The lowest BCUT2D eigenvalue weighted by Gasteiger charge is -2.34. The van der Waals surface area contributed by atoms with Crippen LogP contribution in [-0.4, -0.2) is 45.2 Å². The summed E-state index contributed by atoms with van der Waals surface area (Å²) in [5, 5.41) is 12.6. The molecule has 0 saturated carbocycles. The van der Waals surface area contributed by atoms with Gasteiger partial charge in [-0.3, -0.25) is 14.7 Å². The summed E-state index contributed by atoms with van der Waals surface area (Å²) in [4.78, 5) is 24.5. The Morgan fingerprint density at radius 3 is 2.76 bits per heavy atom. The van der Waals surface area contributed by atoms with Crippen molar-refractivity contribution < 1.29 is 13.6 Å². The minimum absolute atomic E-state index is 0.0907. The van der Waals surface area contributed by atoms with Crippen LogP contribution in [-0.2, 0) is 0 Å². The summed E-state index contributed by atoms with van der Waals surface area (Å²) in [5.74, 6) is 0.740. The van der Waals surface area contributed by atoms with Gasteiger partial charge in [0.1, 0.15) is 17.3 Å². The van der Waals surface area contributed by atoms with Gasteiger partial charge in [-0.1, -0.05) is 0 Å². The Balaban J connectivity index is 1.58. The number of halogens is 1. The van der Waals surface area contributed by atoms with Crippen molar-refractivity contribution in [2.45, 2.75) is 32.7 Å². The molecule has 1 fully saturated rings. The number of nitrogens with zero attached hydrogens (tertiary/aromatic N) is 5. The number of hydrogen-bond donors (Lipinski definition) is 1. The van der Waals surface area contributed by atoms with E-state index in [1.54, 1.807) is 36.2 Å². The Morgan fingerprint density at radius 2 is 2.06 bits per heavy atom. The smallest absolute Gasteiger partial charge is 0.266 e. The molecule has 1 N–H and O–H groups in total. The van der Waals surface area contributed by atoms with E-state index in [2.05, 4.69) is 25.5 Å². The quantitative estimate of drug-likeness (QED) is 0.509. The Hall–Kier alpha value is -3.72. The van der Waals surface area contributed by atoms with Gasteiger partial charge in [0.2, 0.25) is 5.89 Å². The molecule has 33 heavy (non-hydrogen) atoms. The molecule has 3 aromatic heterocycles. The van der Waals surface area contributed by atoms with Gasteiger partial charge in [0, 0.05) is 31.2 Å². The third-order valence-corrected chi connectivity index (χ3v) is 5.84. The number of pyridine rings is 2. The molecule has 0 aliphatic carbocycles. The monoisotopic (exact) mass is 446 g/mol. The number of piperidine rings is 1. The summed E-state index contributed by atoms with van der Waals surface area (Å²) in [5.41, 5.74) is 1.64. The Bertz CT molecular complexity index is 1310. The standard InChI is InChI=1S/C24H23FN6O2/c1-14-10-18(25)11-16-7-9-27-22(21(14)16)31(19-4-3-8-26-13-19)24(32)17-5-6-20(28-12-17)23-30-29-15(2)33-23/h5-7,9-12,19,26H,3-4,8,13H2,1-2H3/t19-/m1/s1. The first kappa shape index (κ1) is 21.1. The summed E-state index contributed by atoms with van der Waals surface area (Å²) in [6, 6.07) is 8.00. The average Bonchev–Trinajstić information content (AvgIpc) is 3.26. The van der Waals surface area contributed by atoms with Gasteiger partial charge in [0.25, 0.3) is 11.8 Å². The molecule has 1 atom stereocenters. The van der Waals surface area contributed by atoms with Gasteiger partial charge in [-0.05, 0) is 67.6 Å². The van der Waals surface area contributed by atoms with Crippen molar-refractivity contribution in [3.63, 3.8) is 0 Å². The third kappa shape index (κ3) is 4.07. The number of hydrogen-bond acceptors (Lipinski definition) is 7. The number of carbonyl (C=O) groups excluding carboxylic acids is 1. The molecular formula is C24H23FN6O2. The highest BCUT2D eigenvalue weighted by Crippen LogP contribution is 2.32. The normalized spacial score (nSPS) is 16.2. The maximum Gasteiger partial charge on any atom is 0.266 e. The molecule has 0 radical (unpaired) electrons. The van der Waals surface area contributed by atoms with Crippen LogP contribution in [0, 0.1) is 19.7 Å². The molecule has 9 heteroatoms. The SMILES string of the molecule is Cc1nnc(-c2ccc(C(=O)N(c3nccc4cc(F)cc(C)c34)[C@@H]3CCCNC3)cn2)o1. The van der Waals surface area contributed by atoms with Crippen LogP contribution in [0.15, 0.2) is 47.1 Å². The number of benzene rings is 1. The largest absolute Gasteiger partial charge is 0.420 e. The molecular weight excluding hydrogens is 423 g/mol. The van der Waals surface area contributed by atoms with E-state index in [0.29, 0.717) is 40.8 Å². The number of aryl methyl sites for hydroxylation is 2. The van der Waals surface area contributed by atoms with Gasteiger partial charge < -0.3 is 9.73 Å². The second kappa shape index (κ2) is 8.67. The summed E-state index contributed by atoms with van der Waals surface area (Å²) in [6.07, 6.45) is 4.91. The maximum atomic E-state index is 14.1. The molecule has 8 nitrogen and oxygen atoms in total. The number of carbonyl (C=O) groups is 1.